The molecule has 112 valence electrons. The van der Waals surface area contributed by atoms with Gasteiger partial charge in [0.05, 0.1) is 41.8 Å². The number of methoxy groups -OCH3 is 2. The van der Waals surface area contributed by atoms with Crippen molar-refractivity contribution in [2.45, 2.75) is 6.92 Å². The molecule has 5 nitrogen and oxygen atoms in total. The number of ether oxygens (including phenoxy) is 3. The Kier molecular flexibility index (Phi) is 4.75. The van der Waals surface area contributed by atoms with Gasteiger partial charge in [-0.25, -0.2) is 4.79 Å². The molecule has 0 N–H and O–H groups in total. The lowest BCUT2D eigenvalue weighted by Crippen LogP contribution is -2.07. The third-order valence-corrected chi connectivity index (χ3v) is 3.54. The van der Waals surface area contributed by atoms with E-state index < -0.39 is 5.97 Å². The predicted molar refractivity (Wildman–Crippen MR) is 80.8 cm³/mol. The summed E-state index contributed by atoms with van der Waals surface area (Å²) in [5.74, 6) is 0.210. The number of hydrogen-bond acceptors (Lipinski definition) is 5. The molecule has 7 heteroatoms. The molecule has 0 fully saturated rings. The van der Waals surface area contributed by atoms with E-state index in [1.807, 2.05) is 0 Å². The molecule has 2 aromatic rings. The van der Waals surface area contributed by atoms with Crippen molar-refractivity contribution in [3.8, 4) is 11.5 Å². The number of halogens is 2. The summed E-state index contributed by atoms with van der Waals surface area (Å²) in [6.45, 7) is 1.95. The number of carbonyl (C=O) groups is 1. The normalized spacial score (nSPS) is 10.5. The molecule has 0 amide bonds. The molecule has 0 bridgehead atoms. The molecule has 1 heterocycles. The van der Waals surface area contributed by atoms with E-state index >= 15 is 0 Å². The molecule has 1 aromatic heterocycles. The zero-order valence-electron chi connectivity index (χ0n) is 11.7. The van der Waals surface area contributed by atoms with Crippen molar-refractivity contribution in [1.82, 2.24) is 4.98 Å². The molecular formula is C14H13Cl2NO4. The van der Waals surface area contributed by atoms with Gasteiger partial charge in [0, 0.05) is 12.3 Å². The lowest BCUT2D eigenvalue weighted by Gasteiger charge is -2.14. The highest BCUT2D eigenvalue weighted by Gasteiger charge is 2.22. The van der Waals surface area contributed by atoms with Crippen LogP contribution in [0.15, 0.2) is 12.3 Å². The average molecular weight is 330 g/mol. The molecule has 0 aliphatic carbocycles. The van der Waals surface area contributed by atoms with Crippen LogP contribution in [-0.4, -0.2) is 31.8 Å². The highest BCUT2D eigenvalue weighted by Crippen LogP contribution is 2.42. The van der Waals surface area contributed by atoms with E-state index in [0.29, 0.717) is 27.4 Å². The van der Waals surface area contributed by atoms with Crippen molar-refractivity contribution >= 4 is 40.1 Å². The minimum absolute atomic E-state index is 0.147. The van der Waals surface area contributed by atoms with Crippen LogP contribution in [0.5, 0.6) is 11.5 Å². The number of nitrogens with zero attached hydrogens (tertiary/aromatic N) is 1. The summed E-state index contributed by atoms with van der Waals surface area (Å²) in [6, 6.07) is 1.58. The van der Waals surface area contributed by atoms with Crippen molar-refractivity contribution in [3.05, 3.63) is 27.9 Å². The summed E-state index contributed by atoms with van der Waals surface area (Å²) in [5.41, 5.74) is 0.602. The molecular weight excluding hydrogens is 317 g/mol. The van der Waals surface area contributed by atoms with Crippen LogP contribution >= 0.6 is 23.2 Å². The second-order valence-corrected chi connectivity index (χ2v) is 4.81. The van der Waals surface area contributed by atoms with Gasteiger partial charge in [-0.05, 0) is 6.92 Å². The average Bonchev–Trinajstić information content (AvgIpc) is 2.47. The Morgan fingerprint density at radius 1 is 1.29 bits per heavy atom. The Morgan fingerprint density at radius 3 is 2.57 bits per heavy atom. The van der Waals surface area contributed by atoms with Crippen LogP contribution in [0, 0.1) is 0 Å². The van der Waals surface area contributed by atoms with Gasteiger partial charge in [0.2, 0.25) is 0 Å². The van der Waals surface area contributed by atoms with Crippen LogP contribution in [-0.2, 0) is 4.74 Å². The fourth-order valence-corrected chi connectivity index (χ4v) is 2.53. The number of benzene rings is 1. The third-order valence-electron chi connectivity index (χ3n) is 2.87. The van der Waals surface area contributed by atoms with E-state index in [0.717, 1.165) is 0 Å². The molecule has 0 aliphatic heterocycles. The van der Waals surface area contributed by atoms with Crippen LogP contribution in [0.1, 0.15) is 17.3 Å². The minimum Gasteiger partial charge on any atom is -0.494 e. The Morgan fingerprint density at radius 2 is 2.00 bits per heavy atom. The smallest absolute Gasteiger partial charge is 0.341 e. The summed E-state index contributed by atoms with van der Waals surface area (Å²) in [7, 11) is 2.95. The first-order valence-electron chi connectivity index (χ1n) is 6.10. The van der Waals surface area contributed by atoms with Gasteiger partial charge in [-0.15, -0.1) is 0 Å². The highest BCUT2D eigenvalue weighted by atomic mass is 35.5. The van der Waals surface area contributed by atoms with E-state index in [2.05, 4.69) is 4.98 Å². The second kappa shape index (κ2) is 6.37. The summed E-state index contributed by atoms with van der Waals surface area (Å²) in [6.07, 6.45) is 1.35. The van der Waals surface area contributed by atoms with Gasteiger partial charge in [-0.1, -0.05) is 23.2 Å². The Bertz CT molecular complexity index is 703. The van der Waals surface area contributed by atoms with Crippen molar-refractivity contribution < 1.29 is 19.0 Å². The first kappa shape index (κ1) is 15.7. The fourth-order valence-electron chi connectivity index (χ4n) is 1.96. The SMILES string of the molecule is CCOC(=O)c1cnc2c(OC)cc(Cl)c(OC)c2c1Cl. The van der Waals surface area contributed by atoms with E-state index in [4.69, 9.17) is 37.4 Å². The maximum Gasteiger partial charge on any atom is 0.341 e. The van der Waals surface area contributed by atoms with E-state index in [1.165, 1.54) is 20.4 Å². The van der Waals surface area contributed by atoms with Crippen molar-refractivity contribution in [3.63, 3.8) is 0 Å². The van der Waals surface area contributed by atoms with Gasteiger partial charge >= 0.3 is 5.97 Å². The highest BCUT2D eigenvalue weighted by molar-refractivity contribution is 6.40. The molecule has 0 saturated carbocycles. The maximum atomic E-state index is 11.9. The molecule has 1 aromatic carbocycles. The van der Waals surface area contributed by atoms with Crippen LogP contribution in [0.25, 0.3) is 10.9 Å². The maximum absolute atomic E-state index is 11.9. The van der Waals surface area contributed by atoms with E-state index in [9.17, 15) is 4.79 Å². The van der Waals surface area contributed by atoms with Gasteiger partial charge in [0.15, 0.2) is 0 Å². The van der Waals surface area contributed by atoms with Crippen LogP contribution in [0.2, 0.25) is 10.0 Å². The molecule has 0 radical (unpaired) electrons. The molecule has 21 heavy (non-hydrogen) atoms. The zero-order chi connectivity index (χ0) is 15.6. The topological polar surface area (TPSA) is 57.7 Å². The standard InChI is InChI=1S/C14H13Cl2NO4/c1-4-21-14(18)7-6-17-12-9(19-2)5-8(15)13(20-3)10(12)11(7)16/h5-6H,4H2,1-3H3. The van der Waals surface area contributed by atoms with Gasteiger partial charge < -0.3 is 14.2 Å². The monoisotopic (exact) mass is 329 g/mol. The molecule has 0 aliphatic rings. The number of esters is 1. The number of rotatable bonds is 4. The van der Waals surface area contributed by atoms with Crippen molar-refractivity contribution in [2.75, 3.05) is 20.8 Å². The van der Waals surface area contributed by atoms with Gasteiger partial charge in [0.1, 0.15) is 17.0 Å². The summed E-state index contributed by atoms with van der Waals surface area (Å²) in [4.78, 5) is 16.1. The Hall–Kier alpha value is -1.72. The fraction of sp³-hybridized carbons (Fsp3) is 0.286. The lowest BCUT2D eigenvalue weighted by atomic mass is 10.1. The summed E-state index contributed by atoms with van der Waals surface area (Å²) < 4.78 is 15.5. The Labute approximate surface area is 131 Å². The van der Waals surface area contributed by atoms with Crippen LogP contribution in [0.3, 0.4) is 0 Å². The Balaban J connectivity index is 2.81. The number of carbonyl (C=O) groups excluding carboxylic acids is 1. The van der Waals surface area contributed by atoms with Gasteiger partial charge in [-0.3, -0.25) is 4.98 Å². The number of fused-ring (bicyclic) bond motifs is 1. The minimum atomic E-state index is -0.558. The number of pyridine rings is 1. The van der Waals surface area contributed by atoms with Crippen LogP contribution < -0.4 is 9.47 Å². The molecule has 2 rings (SSSR count). The molecule has 0 unspecified atom stereocenters. The zero-order valence-corrected chi connectivity index (χ0v) is 13.2. The third kappa shape index (κ3) is 2.71. The van der Waals surface area contributed by atoms with Crippen molar-refractivity contribution in [2.24, 2.45) is 0 Å². The number of aromatic nitrogens is 1. The molecule has 0 saturated heterocycles. The van der Waals surface area contributed by atoms with E-state index in [-0.39, 0.29) is 17.2 Å². The lowest BCUT2D eigenvalue weighted by molar-refractivity contribution is 0.0526. The number of hydrogen-bond donors (Lipinski definition) is 0. The van der Waals surface area contributed by atoms with Gasteiger partial charge in [-0.2, -0.15) is 0 Å². The summed E-state index contributed by atoms with van der Waals surface area (Å²) >= 11 is 12.5. The quantitative estimate of drug-likeness (QED) is 0.800. The summed E-state index contributed by atoms with van der Waals surface area (Å²) in [5, 5.41) is 0.886. The van der Waals surface area contributed by atoms with E-state index in [1.54, 1.807) is 13.0 Å². The second-order valence-electron chi connectivity index (χ2n) is 4.02. The molecule has 0 atom stereocenters. The predicted octanol–water partition coefficient (Wildman–Crippen LogP) is 3.74. The van der Waals surface area contributed by atoms with Gasteiger partial charge in [0.25, 0.3) is 0 Å². The molecule has 0 spiro atoms. The first-order chi connectivity index (χ1) is 10.0. The van der Waals surface area contributed by atoms with Crippen molar-refractivity contribution in [1.29, 1.82) is 0 Å². The van der Waals surface area contributed by atoms with Crippen LogP contribution in [0.4, 0.5) is 0 Å². The largest absolute Gasteiger partial charge is 0.494 e. The first-order valence-corrected chi connectivity index (χ1v) is 6.86.